The molecule has 1 amide bonds. The number of hydrogen-bond donors (Lipinski definition) is 0. The third-order valence-corrected chi connectivity index (χ3v) is 4.36. The number of thioether (sulfide) groups is 1. The van der Waals surface area contributed by atoms with E-state index in [9.17, 15) is 22.8 Å². The number of carbonyl (C=O) groups excluding carboxylic acids is 2. The maximum Gasteiger partial charge on any atom is 0.432 e. The SMILES string of the molecule is CCc1cc(C)cc(CC)c1C(=O)C(=O)N(C)/N=C(\CSC)C(F)(F)F. The fraction of sp³-hybridized carbons (Fsp3) is 0.500. The number of Topliss-reactive ketones (excluding diaryl/α,β-unsaturated/α-hetero) is 1. The minimum absolute atomic E-state index is 0.270. The minimum Gasteiger partial charge on any atom is -0.283 e. The first-order valence-electron chi connectivity index (χ1n) is 8.15. The Labute approximate surface area is 155 Å². The van der Waals surface area contributed by atoms with E-state index in [1.54, 1.807) is 0 Å². The molecule has 1 aromatic rings. The molecule has 1 rings (SSSR count). The predicted molar refractivity (Wildman–Crippen MR) is 98.9 cm³/mol. The van der Waals surface area contributed by atoms with Crippen LogP contribution in [0.3, 0.4) is 0 Å². The highest BCUT2D eigenvalue weighted by atomic mass is 32.2. The number of benzene rings is 1. The highest BCUT2D eigenvalue weighted by Gasteiger charge is 2.36. The molecular weight excluding hydrogens is 365 g/mol. The van der Waals surface area contributed by atoms with Gasteiger partial charge in [-0.15, -0.1) is 0 Å². The molecule has 26 heavy (non-hydrogen) atoms. The summed E-state index contributed by atoms with van der Waals surface area (Å²) in [5.74, 6) is -2.32. The summed E-state index contributed by atoms with van der Waals surface area (Å²) in [4.78, 5) is 25.1. The van der Waals surface area contributed by atoms with Crippen molar-refractivity contribution in [1.29, 1.82) is 0 Å². The number of hydrazone groups is 1. The topological polar surface area (TPSA) is 49.7 Å². The lowest BCUT2D eigenvalue weighted by Crippen LogP contribution is -2.35. The fourth-order valence-electron chi connectivity index (χ4n) is 2.58. The van der Waals surface area contributed by atoms with Crippen LogP contribution in [0.5, 0.6) is 0 Å². The van der Waals surface area contributed by atoms with Crippen LogP contribution in [0.15, 0.2) is 17.2 Å². The number of aryl methyl sites for hydroxylation is 3. The van der Waals surface area contributed by atoms with Crippen LogP contribution in [0.4, 0.5) is 13.2 Å². The van der Waals surface area contributed by atoms with Crippen LogP contribution in [0.25, 0.3) is 0 Å². The van der Waals surface area contributed by atoms with Crippen molar-refractivity contribution in [3.8, 4) is 0 Å². The number of alkyl halides is 3. The smallest absolute Gasteiger partial charge is 0.283 e. The van der Waals surface area contributed by atoms with Gasteiger partial charge in [-0.05, 0) is 37.1 Å². The Morgan fingerprint density at radius 3 is 2.04 bits per heavy atom. The Morgan fingerprint density at radius 2 is 1.65 bits per heavy atom. The summed E-state index contributed by atoms with van der Waals surface area (Å²) in [5, 5.41) is 3.83. The molecule has 0 saturated heterocycles. The lowest BCUT2D eigenvalue weighted by Gasteiger charge is -2.17. The number of likely N-dealkylation sites (N-methyl/N-ethyl adjacent to an activating group) is 1. The van der Waals surface area contributed by atoms with Crippen LogP contribution in [0.2, 0.25) is 0 Å². The fourth-order valence-corrected chi connectivity index (χ4v) is 3.07. The molecule has 0 fully saturated rings. The third-order valence-electron chi connectivity index (χ3n) is 3.80. The van der Waals surface area contributed by atoms with E-state index < -0.39 is 29.3 Å². The summed E-state index contributed by atoms with van der Waals surface area (Å²) in [5.41, 5.74) is 1.54. The van der Waals surface area contributed by atoms with E-state index in [0.717, 1.165) is 24.4 Å². The van der Waals surface area contributed by atoms with Gasteiger partial charge in [-0.25, -0.2) is 5.01 Å². The Morgan fingerprint density at radius 1 is 1.15 bits per heavy atom. The van der Waals surface area contributed by atoms with Crippen molar-refractivity contribution in [3.63, 3.8) is 0 Å². The molecule has 8 heteroatoms. The molecule has 0 N–H and O–H groups in total. The standard InChI is InChI=1S/C18H23F3N2O2S/c1-6-12-8-11(3)9-13(7-2)15(12)16(24)17(25)23(4)22-14(10-26-5)18(19,20)21/h8-9H,6-7,10H2,1-5H3/b22-14+. The van der Waals surface area contributed by atoms with Crippen molar-refractivity contribution in [1.82, 2.24) is 5.01 Å². The van der Waals surface area contributed by atoms with Gasteiger partial charge in [0.05, 0.1) is 0 Å². The number of ketones is 1. The number of halogens is 3. The van der Waals surface area contributed by atoms with Crippen molar-refractivity contribution in [2.75, 3.05) is 19.1 Å². The average molecular weight is 388 g/mol. The number of amides is 1. The second kappa shape index (κ2) is 9.21. The van der Waals surface area contributed by atoms with E-state index in [1.807, 2.05) is 32.9 Å². The van der Waals surface area contributed by atoms with Crippen molar-refractivity contribution in [2.45, 2.75) is 39.8 Å². The first-order chi connectivity index (χ1) is 12.1. The second-order valence-electron chi connectivity index (χ2n) is 5.80. The monoisotopic (exact) mass is 388 g/mol. The predicted octanol–water partition coefficient (Wildman–Crippen LogP) is 4.04. The molecule has 0 atom stereocenters. The summed E-state index contributed by atoms with van der Waals surface area (Å²) in [6, 6.07) is 3.63. The van der Waals surface area contributed by atoms with Gasteiger partial charge in [0.25, 0.3) is 5.78 Å². The van der Waals surface area contributed by atoms with E-state index in [4.69, 9.17) is 0 Å². The van der Waals surface area contributed by atoms with Crippen LogP contribution in [0, 0.1) is 6.92 Å². The molecule has 0 radical (unpaired) electrons. The Kier molecular flexibility index (Phi) is 7.87. The maximum absolute atomic E-state index is 13.0. The van der Waals surface area contributed by atoms with Gasteiger partial charge in [0.1, 0.15) is 0 Å². The highest BCUT2D eigenvalue weighted by Crippen LogP contribution is 2.22. The lowest BCUT2D eigenvalue weighted by atomic mass is 9.92. The van der Waals surface area contributed by atoms with Crippen LogP contribution >= 0.6 is 11.8 Å². The maximum atomic E-state index is 13.0. The molecule has 0 heterocycles. The van der Waals surface area contributed by atoms with Gasteiger partial charge in [-0.3, -0.25) is 9.59 Å². The van der Waals surface area contributed by atoms with Crippen LogP contribution < -0.4 is 0 Å². The third kappa shape index (κ3) is 5.33. The van der Waals surface area contributed by atoms with Gasteiger partial charge >= 0.3 is 12.1 Å². The Hall–Kier alpha value is -1.83. The van der Waals surface area contributed by atoms with E-state index in [0.29, 0.717) is 29.0 Å². The first-order valence-corrected chi connectivity index (χ1v) is 9.54. The van der Waals surface area contributed by atoms with Crippen molar-refractivity contribution in [2.24, 2.45) is 5.10 Å². The van der Waals surface area contributed by atoms with Crippen LogP contribution in [-0.2, 0) is 17.6 Å². The van der Waals surface area contributed by atoms with Gasteiger partial charge < -0.3 is 0 Å². The van der Waals surface area contributed by atoms with E-state index in [-0.39, 0.29) is 5.56 Å². The summed E-state index contributed by atoms with van der Waals surface area (Å²) >= 11 is 0.935. The highest BCUT2D eigenvalue weighted by molar-refractivity contribution is 7.99. The van der Waals surface area contributed by atoms with Gasteiger partial charge in [0, 0.05) is 18.4 Å². The molecule has 0 aliphatic rings. The normalized spacial score (nSPS) is 12.2. The summed E-state index contributed by atoms with van der Waals surface area (Å²) < 4.78 is 38.9. The number of hydrogen-bond acceptors (Lipinski definition) is 4. The van der Waals surface area contributed by atoms with Crippen molar-refractivity contribution < 1.29 is 22.8 Å². The lowest BCUT2D eigenvalue weighted by molar-refractivity contribution is -0.125. The first kappa shape index (κ1) is 22.2. The zero-order chi connectivity index (χ0) is 20.1. The van der Waals surface area contributed by atoms with Crippen LogP contribution in [0.1, 0.15) is 40.9 Å². The van der Waals surface area contributed by atoms with Gasteiger partial charge in [-0.1, -0.05) is 31.5 Å². The summed E-state index contributed by atoms with van der Waals surface area (Å²) in [6.45, 7) is 5.61. The van der Waals surface area contributed by atoms with Gasteiger partial charge in [-0.2, -0.15) is 30.0 Å². The number of nitrogens with zero attached hydrogens (tertiary/aromatic N) is 2. The van der Waals surface area contributed by atoms with E-state index in [1.165, 1.54) is 6.26 Å². The average Bonchev–Trinajstić information content (AvgIpc) is 2.58. The molecule has 0 bridgehead atoms. The van der Waals surface area contributed by atoms with Gasteiger partial charge in [0.2, 0.25) is 0 Å². The molecule has 0 aliphatic heterocycles. The summed E-state index contributed by atoms with van der Waals surface area (Å²) in [6.07, 6.45) is -2.08. The van der Waals surface area contributed by atoms with Crippen molar-refractivity contribution in [3.05, 3.63) is 34.4 Å². The van der Waals surface area contributed by atoms with E-state index in [2.05, 4.69) is 5.10 Å². The molecule has 0 aliphatic carbocycles. The Balaban J connectivity index is 3.28. The zero-order valence-corrected chi connectivity index (χ0v) is 16.3. The van der Waals surface area contributed by atoms with Crippen LogP contribution in [-0.4, -0.2) is 47.6 Å². The molecule has 0 spiro atoms. The minimum atomic E-state index is -4.66. The van der Waals surface area contributed by atoms with E-state index >= 15 is 0 Å². The molecule has 144 valence electrons. The molecule has 0 aromatic heterocycles. The quantitative estimate of drug-likeness (QED) is 0.307. The van der Waals surface area contributed by atoms with Gasteiger partial charge in [0.15, 0.2) is 5.71 Å². The zero-order valence-electron chi connectivity index (χ0n) is 15.5. The van der Waals surface area contributed by atoms with Crippen molar-refractivity contribution >= 4 is 29.2 Å². The number of carbonyl (C=O) groups is 2. The number of rotatable bonds is 7. The second-order valence-corrected chi connectivity index (χ2v) is 6.67. The molecule has 0 unspecified atom stereocenters. The molecular formula is C18H23F3N2O2S. The summed E-state index contributed by atoms with van der Waals surface area (Å²) in [7, 11) is 1.07. The molecule has 4 nitrogen and oxygen atoms in total. The largest absolute Gasteiger partial charge is 0.432 e. The molecule has 0 saturated carbocycles. The molecule has 1 aromatic carbocycles. The Bertz CT molecular complexity index is 690.